The molecule has 0 spiro atoms. The summed E-state index contributed by atoms with van der Waals surface area (Å²) in [5.74, 6) is -0.972. The average Bonchev–Trinajstić information content (AvgIpc) is 3.06. The van der Waals surface area contributed by atoms with Gasteiger partial charge in [-0.25, -0.2) is 13.9 Å². The smallest absolute Gasteiger partial charge is 0.339 e. The molecule has 9 heteroatoms. The molecule has 2 aromatic heterocycles. The summed E-state index contributed by atoms with van der Waals surface area (Å²) in [6.07, 6.45) is -3.59. The van der Waals surface area contributed by atoms with Crippen LogP contribution in [0.1, 0.15) is 46.2 Å². The number of likely N-dealkylation sites (tertiary alicyclic amines) is 1. The van der Waals surface area contributed by atoms with Crippen LogP contribution in [0.4, 0.5) is 17.6 Å². The Morgan fingerprint density at radius 1 is 1.14 bits per heavy atom. The van der Waals surface area contributed by atoms with E-state index in [1.165, 1.54) is 24.3 Å². The highest BCUT2D eigenvalue weighted by molar-refractivity contribution is 5.94. The monoisotopic (exact) mass is 406 g/mol. The highest BCUT2D eigenvalue weighted by atomic mass is 19.4. The molecule has 29 heavy (non-hydrogen) atoms. The number of aromatic nitrogens is 3. The van der Waals surface area contributed by atoms with E-state index in [2.05, 4.69) is 10.1 Å². The minimum absolute atomic E-state index is 0.158. The Morgan fingerprint density at radius 3 is 2.52 bits per heavy atom. The van der Waals surface area contributed by atoms with Crippen molar-refractivity contribution in [2.75, 3.05) is 13.1 Å². The van der Waals surface area contributed by atoms with Crippen molar-refractivity contribution in [2.24, 2.45) is 0 Å². The lowest BCUT2D eigenvalue weighted by Gasteiger charge is -2.32. The molecule has 4 rings (SSSR count). The van der Waals surface area contributed by atoms with Crippen LogP contribution in [-0.2, 0) is 6.18 Å². The Kier molecular flexibility index (Phi) is 4.76. The summed E-state index contributed by atoms with van der Waals surface area (Å²) in [6, 6.07) is 8.03. The van der Waals surface area contributed by atoms with Crippen LogP contribution in [0.2, 0.25) is 0 Å². The molecule has 0 radical (unpaired) electrons. The zero-order valence-corrected chi connectivity index (χ0v) is 15.6. The van der Waals surface area contributed by atoms with Gasteiger partial charge in [-0.2, -0.15) is 18.3 Å². The number of piperidine rings is 1. The second-order valence-electron chi connectivity index (χ2n) is 7.20. The molecule has 1 saturated heterocycles. The molecule has 0 aliphatic carbocycles. The van der Waals surface area contributed by atoms with Crippen molar-refractivity contribution in [3.63, 3.8) is 0 Å². The fourth-order valence-electron chi connectivity index (χ4n) is 3.70. The summed E-state index contributed by atoms with van der Waals surface area (Å²) >= 11 is 0. The fraction of sp³-hybridized carbons (Fsp3) is 0.350. The first kappa shape index (κ1) is 19.4. The van der Waals surface area contributed by atoms with Crippen LogP contribution in [0, 0.1) is 12.7 Å². The molecule has 1 aliphatic heterocycles. The molecule has 1 fully saturated rings. The number of halogens is 4. The Hall–Kier alpha value is -2.97. The van der Waals surface area contributed by atoms with Crippen LogP contribution in [-0.4, -0.2) is 38.5 Å². The van der Waals surface area contributed by atoms with Crippen molar-refractivity contribution in [3.05, 3.63) is 64.9 Å². The Morgan fingerprint density at radius 2 is 1.86 bits per heavy atom. The van der Waals surface area contributed by atoms with Gasteiger partial charge in [-0.1, -0.05) is 6.07 Å². The third-order valence-electron chi connectivity index (χ3n) is 5.13. The number of hydrogen-bond acceptors (Lipinski definition) is 3. The van der Waals surface area contributed by atoms with E-state index < -0.39 is 17.7 Å². The lowest BCUT2D eigenvalue weighted by atomic mass is 9.92. The summed E-state index contributed by atoms with van der Waals surface area (Å²) in [7, 11) is 0. The van der Waals surface area contributed by atoms with Crippen molar-refractivity contribution >= 4 is 11.6 Å². The van der Waals surface area contributed by atoms with E-state index in [1.807, 2.05) is 0 Å². The number of rotatable bonds is 2. The second kappa shape index (κ2) is 7.13. The van der Waals surface area contributed by atoms with Gasteiger partial charge < -0.3 is 4.90 Å². The number of alkyl halides is 3. The minimum atomic E-state index is -4.55. The van der Waals surface area contributed by atoms with Gasteiger partial charge in [0.1, 0.15) is 11.5 Å². The van der Waals surface area contributed by atoms with E-state index in [0.717, 1.165) is 10.6 Å². The minimum Gasteiger partial charge on any atom is -0.339 e. The maximum atomic E-state index is 13.5. The highest BCUT2D eigenvalue weighted by Crippen LogP contribution is 2.34. The molecular formula is C20H18F4N4O. The molecule has 1 aliphatic rings. The molecule has 152 valence electrons. The van der Waals surface area contributed by atoms with E-state index in [-0.39, 0.29) is 23.0 Å². The van der Waals surface area contributed by atoms with Crippen molar-refractivity contribution < 1.29 is 22.4 Å². The van der Waals surface area contributed by atoms with Gasteiger partial charge in [0.15, 0.2) is 5.65 Å². The molecule has 1 aromatic carbocycles. The van der Waals surface area contributed by atoms with Gasteiger partial charge in [-0.05, 0) is 44.0 Å². The summed E-state index contributed by atoms with van der Waals surface area (Å²) < 4.78 is 54.7. The number of amides is 1. The first-order valence-electron chi connectivity index (χ1n) is 9.22. The number of fused-ring (bicyclic) bond motifs is 1. The van der Waals surface area contributed by atoms with Crippen LogP contribution < -0.4 is 0 Å². The molecule has 1 amide bonds. The third kappa shape index (κ3) is 3.81. The summed E-state index contributed by atoms with van der Waals surface area (Å²) in [5, 5.41) is 3.89. The Balaban J connectivity index is 1.55. The number of nitrogens with zero attached hydrogens (tertiary/aromatic N) is 4. The van der Waals surface area contributed by atoms with Gasteiger partial charge in [0.2, 0.25) is 0 Å². The van der Waals surface area contributed by atoms with Crippen LogP contribution >= 0.6 is 0 Å². The normalized spacial score (nSPS) is 15.8. The first-order valence-corrected chi connectivity index (χ1v) is 9.22. The van der Waals surface area contributed by atoms with E-state index in [4.69, 9.17) is 0 Å². The van der Waals surface area contributed by atoms with Crippen LogP contribution in [0.25, 0.3) is 5.65 Å². The average molecular weight is 406 g/mol. The maximum Gasteiger partial charge on any atom is 0.433 e. The molecular weight excluding hydrogens is 388 g/mol. The topological polar surface area (TPSA) is 50.5 Å². The van der Waals surface area contributed by atoms with Gasteiger partial charge in [0, 0.05) is 36.3 Å². The molecule has 3 heterocycles. The molecule has 0 saturated carbocycles. The standard InChI is InChI=1S/C20H18F4N4O/c1-12-9-18-25-16(11-17(20(22,23)24)28(18)26-12)13-5-7-27(8-6-13)19(29)14-3-2-4-15(21)10-14/h2-4,9-11,13H,5-8H2,1H3. The van der Waals surface area contributed by atoms with E-state index in [9.17, 15) is 22.4 Å². The quantitative estimate of drug-likeness (QED) is 0.599. The van der Waals surface area contributed by atoms with Gasteiger partial charge in [-0.3, -0.25) is 4.79 Å². The summed E-state index contributed by atoms with van der Waals surface area (Å²) in [5.41, 5.74) is 0.366. The van der Waals surface area contributed by atoms with E-state index in [1.54, 1.807) is 17.9 Å². The fourth-order valence-corrected chi connectivity index (χ4v) is 3.70. The van der Waals surface area contributed by atoms with Crippen LogP contribution in [0.15, 0.2) is 36.4 Å². The van der Waals surface area contributed by atoms with E-state index >= 15 is 0 Å². The van der Waals surface area contributed by atoms with Crippen LogP contribution in [0.5, 0.6) is 0 Å². The van der Waals surface area contributed by atoms with Crippen molar-refractivity contribution in [1.82, 2.24) is 19.5 Å². The van der Waals surface area contributed by atoms with Gasteiger partial charge in [0.25, 0.3) is 5.91 Å². The lowest BCUT2D eigenvalue weighted by molar-refractivity contribution is -0.142. The number of aryl methyl sites for hydroxylation is 1. The number of carbonyl (C=O) groups excluding carboxylic acids is 1. The number of hydrogen-bond donors (Lipinski definition) is 0. The van der Waals surface area contributed by atoms with Gasteiger partial charge in [-0.15, -0.1) is 0 Å². The zero-order valence-electron chi connectivity index (χ0n) is 15.6. The molecule has 0 N–H and O–H groups in total. The summed E-state index contributed by atoms with van der Waals surface area (Å²) in [4.78, 5) is 18.5. The number of benzene rings is 1. The van der Waals surface area contributed by atoms with Gasteiger partial charge >= 0.3 is 6.18 Å². The molecule has 0 unspecified atom stereocenters. The Labute approximate surface area is 164 Å². The number of carbonyl (C=O) groups is 1. The largest absolute Gasteiger partial charge is 0.433 e. The molecule has 3 aromatic rings. The first-order chi connectivity index (χ1) is 13.7. The second-order valence-corrected chi connectivity index (χ2v) is 7.20. The summed E-state index contributed by atoms with van der Waals surface area (Å²) in [6.45, 7) is 2.35. The Bertz CT molecular complexity index is 1070. The highest BCUT2D eigenvalue weighted by Gasteiger charge is 2.36. The molecule has 5 nitrogen and oxygen atoms in total. The zero-order chi connectivity index (χ0) is 20.8. The van der Waals surface area contributed by atoms with Crippen molar-refractivity contribution in [3.8, 4) is 0 Å². The predicted molar refractivity (Wildman–Crippen MR) is 97.0 cm³/mol. The van der Waals surface area contributed by atoms with E-state index in [0.29, 0.717) is 37.3 Å². The lowest BCUT2D eigenvalue weighted by Crippen LogP contribution is -2.38. The molecule has 0 atom stereocenters. The van der Waals surface area contributed by atoms with Crippen LogP contribution in [0.3, 0.4) is 0 Å². The predicted octanol–water partition coefficient (Wildman–Crippen LogP) is 4.22. The van der Waals surface area contributed by atoms with Crippen molar-refractivity contribution in [2.45, 2.75) is 31.9 Å². The SMILES string of the molecule is Cc1cc2nc(C3CCN(C(=O)c4cccc(F)c4)CC3)cc(C(F)(F)F)n2n1. The molecule has 0 bridgehead atoms. The van der Waals surface area contributed by atoms with Gasteiger partial charge in [0.05, 0.1) is 5.69 Å². The third-order valence-corrected chi connectivity index (χ3v) is 5.13. The van der Waals surface area contributed by atoms with Crippen molar-refractivity contribution in [1.29, 1.82) is 0 Å². The maximum absolute atomic E-state index is 13.5.